The highest BCUT2D eigenvalue weighted by atomic mass is 16.6. The van der Waals surface area contributed by atoms with Crippen LogP contribution in [0.1, 0.15) is 36.5 Å². The van der Waals surface area contributed by atoms with Crippen LogP contribution >= 0.6 is 0 Å². The summed E-state index contributed by atoms with van der Waals surface area (Å²) in [5.41, 5.74) is 4.78. The molecule has 24 heavy (non-hydrogen) atoms. The molecule has 1 N–H and O–H groups in total. The first-order valence-corrected chi connectivity index (χ1v) is 7.61. The average Bonchev–Trinajstić information content (AvgIpc) is 2.55. The molecule has 0 radical (unpaired) electrons. The molecule has 2 aromatic carbocycles. The number of nitro groups is 1. The molecule has 0 fully saturated rings. The number of hydrazone groups is 1. The van der Waals surface area contributed by atoms with E-state index >= 15 is 0 Å². The van der Waals surface area contributed by atoms with Crippen molar-refractivity contribution in [2.24, 2.45) is 5.10 Å². The van der Waals surface area contributed by atoms with Crippen LogP contribution in [0.4, 0.5) is 5.69 Å². The van der Waals surface area contributed by atoms with Crippen molar-refractivity contribution in [2.75, 3.05) is 0 Å². The second kappa shape index (κ2) is 8.01. The summed E-state index contributed by atoms with van der Waals surface area (Å²) in [5, 5.41) is 14.8. The third-order valence-electron chi connectivity index (χ3n) is 3.55. The van der Waals surface area contributed by atoms with Gasteiger partial charge < -0.3 is 0 Å². The summed E-state index contributed by atoms with van der Waals surface area (Å²) < 4.78 is 0. The molecule has 0 aliphatic rings. The summed E-state index contributed by atoms with van der Waals surface area (Å²) in [6, 6.07) is 14.0. The van der Waals surface area contributed by atoms with Crippen molar-refractivity contribution in [2.45, 2.75) is 26.2 Å². The summed E-state index contributed by atoms with van der Waals surface area (Å²) in [5.74, 6) is 0.0525. The Kier molecular flexibility index (Phi) is 5.78. The first kappa shape index (κ1) is 17.3. The van der Waals surface area contributed by atoms with Crippen LogP contribution in [0.3, 0.4) is 0 Å². The van der Waals surface area contributed by atoms with Gasteiger partial charge in [0.25, 0.3) is 5.69 Å². The number of para-hydroxylation sites is 1. The van der Waals surface area contributed by atoms with Crippen LogP contribution in [0, 0.1) is 10.1 Å². The standard InChI is InChI=1S/C18H19N3O3/c1-13(2)15-9-7-14(8-10-15)12-19-20-18(22)11-16-5-3-4-6-17(16)21(23)24/h3-10,12-13H,11H2,1-2H3,(H,20,22)/b19-12+. The Bertz CT molecular complexity index is 752. The van der Waals surface area contributed by atoms with Crippen molar-refractivity contribution in [3.8, 4) is 0 Å². The number of nitrogens with one attached hydrogen (secondary N) is 1. The van der Waals surface area contributed by atoms with Crippen molar-refractivity contribution in [3.05, 3.63) is 75.3 Å². The predicted molar refractivity (Wildman–Crippen MR) is 93.1 cm³/mol. The van der Waals surface area contributed by atoms with Gasteiger partial charge in [-0.15, -0.1) is 0 Å². The highest BCUT2D eigenvalue weighted by molar-refractivity contribution is 5.83. The Morgan fingerprint density at radius 2 is 1.88 bits per heavy atom. The number of rotatable bonds is 6. The van der Waals surface area contributed by atoms with Gasteiger partial charge in [0.1, 0.15) is 0 Å². The second-order valence-corrected chi connectivity index (χ2v) is 5.68. The first-order chi connectivity index (χ1) is 11.5. The molecule has 2 rings (SSSR count). The molecule has 2 aromatic rings. The Balaban J connectivity index is 1.95. The fourth-order valence-electron chi connectivity index (χ4n) is 2.20. The third-order valence-corrected chi connectivity index (χ3v) is 3.55. The molecule has 6 heteroatoms. The lowest BCUT2D eigenvalue weighted by Gasteiger charge is -2.04. The van der Waals surface area contributed by atoms with Gasteiger partial charge in [-0.2, -0.15) is 5.10 Å². The number of nitro benzene ring substituents is 1. The maximum atomic E-state index is 11.9. The van der Waals surface area contributed by atoms with Crippen LogP contribution in [0.2, 0.25) is 0 Å². The zero-order chi connectivity index (χ0) is 17.5. The van der Waals surface area contributed by atoms with Crippen LogP contribution in [-0.4, -0.2) is 17.0 Å². The van der Waals surface area contributed by atoms with Crippen LogP contribution in [0.15, 0.2) is 53.6 Å². The number of nitrogens with zero attached hydrogens (tertiary/aromatic N) is 2. The fourth-order valence-corrected chi connectivity index (χ4v) is 2.20. The van der Waals surface area contributed by atoms with Crippen LogP contribution in [0.25, 0.3) is 0 Å². The van der Waals surface area contributed by atoms with Gasteiger partial charge in [0.05, 0.1) is 17.6 Å². The van der Waals surface area contributed by atoms with Gasteiger partial charge >= 0.3 is 0 Å². The van der Waals surface area contributed by atoms with Gasteiger partial charge in [-0.1, -0.05) is 56.3 Å². The average molecular weight is 325 g/mol. The molecule has 0 saturated carbocycles. The summed E-state index contributed by atoms with van der Waals surface area (Å²) >= 11 is 0. The van der Waals surface area contributed by atoms with Crippen molar-refractivity contribution in [3.63, 3.8) is 0 Å². The lowest BCUT2D eigenvalue weighted by molar-refractivity contribution is -0.385. The number of carbonyl (C=O) groups is 1. The quantitative estimate of drug-likeness (QED) is 0.502. The fraction of sp³-hybridized carbons (Fsp3) is 0.222. The molecule has 0 aromatic heterocycles. The Hall–Kier alpha value is -3.02. The molecule has 0 bridgehead atoms. The molecule has 0 spiro atoms. The van der Waals surface area contributed by atoms with E-state index in [1.54, 1.807) is 24.4 Å². The summed E-state index contributed by atoms with van der Waals surface area (Å²) in [4.78, 5) is 22.3. The van der Waals surface area contributed by atoms with Crippen LogP contribution < -0.4 is 5.43 Å². The van der Waals surface area contributed by atoms with E-state index in [4.69, 9.17) is 0 Å². The molecule has 1 amide bonds. The van der Waals surface area contributed by atoms with E-state index in [-0.39, 0.29) is 12.1 Å². The van der Waals surface area contributed by atoms with Crippen molar-refractivity contribution >= 4 is 17.8 Å². The number of benzene rings is 2. The van der Waals surface area contributed by atoms with Crippen molar-refractivity contribution < 1.29 is 9.72 Å². The van der Waals surface area contributed by atoms with Crippen molar-refractivity contribution in [1.82, 2.24) is 5.43 Å². The maximum absolute atomic E-state index is 11.9. The van der Waals surface area contributed by atoms with E-state index in [0.717, 1.165) is 5.56 Å². The lowest BCUT2D eigenvalue weighted by Crippen LogP contribution is -2.20. The van der Waals surface area contributed by atoms with Crippen LogP contribution in [-0.2, 0) is 11.2 Å². The molecular weight excluding hydrogens is 306 g/mol. The van der Waals surface area contributed by atoms with E-state index in [0.29, 0.717) is 11.5 Å². The summed E-state index contributed by atoms with van der Waals surface area (Å²) in [6.07, 6.45) is 1.45. The number of amides is 1. The SMILES string of the molecule is CC(C)c1ccc(/C=N/NC(=O)Cc2ccccc2[N+](=O)[O-])cc1. The molecule has 0 unspecified atom stereocenters. The van der Waals surface area contributed by atoms with Gasteiger partial charge in [-0.05, 0) is 17.0 Å². The van der Waals surface area contributed by atoms with Gasteiger partial charge in [0, 0.05) is 11.6 Å². The zero-order valence-electron chi connectivity index (χ0n) is 13.6. The van der Waals surface area contributed by atoms with Gasteiger partial charge in [-0.25, -0.2) is 5.43 Å². The summed E-state index contributed by atoms with van der Waals surface area (Å²) in [6.45, 7) is 4.23. The molecule has 0 heterocycles. The normalized spacial score (nSPS) is 11.0. The van der Waals surface area contributed by atoms with E-state index in [9.17, 15) is 14.9 Å². The monoisotopic (exact) mass is 325 g/mol. The number of hydrogen-bond donors (Lipinski definition) is 1. The second-order valence-electron chi connectivity index (χ2n) is 5.68. The van der Waals surface area contributed by atoms with E-state index < -0.39 is 10.8 Å². The minimum absolute atomic E-state index is 0.0686. The number of hydrogen-bond acceptors (Lipinski definition) is 4. The lowest BCUT2D eigenvalue weighted by atomic mass is 10.0. The van der Waals surface area contributed by atoms with Crippen molar-refractivity contribution in [1.29, 1.82) is 0 Å². The van der Waals surface area contributed by atoms with Gasteiger partial charge in [0.15, 0.2) is 0 Å². The molecule has 124 valence electrons. The van der Waals surface area contributed by atoms with Crippen LogP contribution in [0.5, 0.6) is 0 Å². The highest BCUT2D eigenvalue weighted by Gasteiger charge is 2.14. The molecule has 0 aliphatic heterocycles. The molecular formula is C18H19N3O3. The minimum Gasteiger partial charge on any atom is -0.273 e. The third kappa shape index (κ3) is 4.74. The van der Waals surface area contributed by atoms with E-state index in [1.807, 2.05) is 24.3 Å². The maximum Gasteiger partial charge on any atom is 0.273 e. The number of carbonyl (C=O) groups excluding carboxylic acids is 1. The highest BCUT2D eigenvalue weighted by Crippen LogP contribution is 2.18. The van der Waals surface area contributed by atoms with E-state index in [1.165, 1.54) is 11.6 Å². The molecule has 0 aliphatic carbocycles. The summed E-state index contributed by atoms with van der Waals surface area (Å²) in [7, 11) is 0. The molecule has 6 nitrogen and oxygen atoms in total. The van der Waals surface area contributed by atoms with E-state index in [2.05, 4.69) is 24.4 Å². The Labute approximate surface area is 140 Å². The largest absolute Gasteiger partial charge is 0.273 e. The van der Waals surface area contributed by atoms with Gasteiger partial charge in [0.2, 0.25) is 5.91 Å². The Morgan fingerprint density at radius 1 is 1.21 bits per heavy atom. The van der Waals surface area contributed by atoms with Gasteiger partial charge in [-0.3, -0.25) is 14.9 Å². The Morgan fingerprint density at radius 3 is 2.50 bits per heavy atom. The smallest absolute Gasteiger partial charge is 0.273 e. The topological polar surface area (TPSA) is 84.6 Å². The minimum atomic E-state index is -0.498. The molecule has 0 atom stereocenters. The first-order valence-electron chi connectivity index (χ1n) is 7.61. The molecule has 0 saturated heterocycles. The predicted octanol–water partition coefficient (Wildman–Crippen LogP) is 3.41. The zero-order valence-corrected chi connectivity index (χ0v) is 13.6.